The number of hydrogen-bond donors (Lipinski definition) is 2. The molecule has 10 heteroatoms. The predicted octanol–water partition coefficient (Wildman–Crippen LogP) is 6.74. The number of rotatable bonds is 2. The van der Waals surface area contributed by atoms with Gasteiger partial charge in [-0.05, 0) is 41.4 Å². The van der Waals surface area contributed by atoms with Crippen LogP contribution in [0.3, 0.4) is 0 Å². The van der Waals surface area contributed by atoms with Gasteiger partial charge in [-0.25, -0.2) is 19.9 Å². The third-order valence-electron chi connectivity index (χ3n) is 5.19. The molecule has 0 saturated carbocycles. The van der Waals surface area contributed by atoms with Crippen molar-refractivity contribution in [1.82, 2.24) is 19.9 Å². The Morgan fingerprint density at radius 3 is 1.84 bits per heavy atom. The van der Waals surface area contributed by atoms with E-state index in [9.17, 15) is 0 Å². The predicted molar refractivity (Wildman–Crippen MR) is 155 cm³/mol. The second kappa shape index (κ2) is 13.2. The van der Waals surface area contributed by atoms with E-state index in [4.69, 9.17) is 44.9 Å². The summed E-state index contributed by atoms with van der Waals surface area (Å²) >= 11 is 17.4. The van der Waals surface area contributed by atoms with Crippen LogP contribution in [0.2, 0.25) is 15.7 Å². The molecule has 0 atom stereocenters. The fourth-order valence-corrected chi connectivity index (χ4v) is 4.08. The SMILES string of the molecule is Clc1nc(-c2ccccc2)c2ccccc2n1.Clc1nc(Cl)c2ccccc2n1.OB(O)C1=CC=[C+]C=C1. The van der Waals surface area contributed by atoms with E-state index in [2.05, 4.69) is 26.0 Å². The molecule has 5 aromatic rings. The Morgan fingerprint density at radius 1 is 0.658 bits per heavy atom. The minimum atomic E-state index is -1.36. The second-order valence-electron chi connectivity index (χ2n) is 7.73. The molecular weight excluding hydrogens is 542 g/mol. The average molecular weight is 561 g/mol. The van der Waals surface area contributed by atoms with Crippen LogP contribution in [0.15, 0.2) is 109 Å². The Hall–Kier alpha value is -3.68. The molecule has 0 spiro atoms. The zero-order valence-electron chi connectivity index (χ0n) is 19.7. The first-order valence-electron chi connectivity index (χ1n) is 11.3. The number of fused-ring (bicyclic) bond motifs is 2. The van der Waals surface area contributed by atoms with Gasteiger partial charge in [-0.3, -0.25) is 0 Å². The summed E-state index contributed by atoms with van der Waals surface area (Å²) in [6.45, 7) is 0. The molecule has 2 heterocycles. The summed E-state index contributed by atoms with van der Waals surface area (Å²) in [4.78, 5) is 16.4. The van der Waals surface area contributed by atoms with Crippen molar-refractivity contribution >= 4 is 63.7 Å². The molecule has 6 nitrogen and oxygen atoms in total. The minimum absolute atomic E-state index is 0.179. The van der Waals surface area contributed by atoms with Crippen molar-refractivity contribution in [3.63, 3.8) is 0 Å². The normalized spacial score (nSPS) is 11.6. The van der Waals surface area contributed by atoms with Gasteiger partial charge >= 0.3 is 7.12 Å². The van der Waals surface area contributed by atoms with Gasteiger partial charge in [0.15, 0.2) is 0 Å². The van der Waals surface area contributed by atoms with Crippen LogP contribution in [0.5, 0.6) is 0 Å². The summed E-state index contributed by atoms with van der Waals surface area (Å²) in [6, 6.07) is 25.3. The number of allylic oxidation sites excluding steroid dienone is 6. The molecule has 38 heavy (non-hydrogen) atoms. The van der Waals surface area contributed by atoms with Crippen molar-refractivity contribution in [2.45, 2.75) is 0 Å². The van der Waals surface area contributed by atoms with Crippen LogP contribution in [0.4, 0.5) is 0 Å². The largest absolute Gasteiger partial charge is 0.517 e. The second-order valence-corrected chi connectivity index (χ2v) is 8.77. The van der Waals surface area contributed by atoms with Crippen molar-refractivity contribution in [3.8, 4) is 11.3 Å². The Labute approximate surface area is 234 Å². The number of halogens is 3. The van der Waals surface area contributed by atoms with Crippen LogP contribution in [0, 0.1) is 6.08 Å². The van der Waals surface area contributed by atoms with E-state index in [0.717, 1.165) is 33.1 Å². The maximum absolute atomic E-state index is 8.57. The topological polar surface area (TPSA) is 92.0 Å². The highest BCUT2D eigenvalue weighted by atomic mass is 35.5. The molecule has 2 N–H and O–H groups in total. The van der Waals surface area contributed by atoms with Crippen LogP contribution >= 0.6 is 34.8 Å². The fourth-order valence-electron chi connectivity index (χ4n) is 3.45. The maximum Gasteiger partial charge on any atom is 0.517 e. The summed E-state index contributed by atoms with van der Waals surface area (Å²) in [5.74, 6) is 0. The van der Waals surface area contributed by atoms with E-state index in [1.807, 2.05) is 78.9 Å². The molecule has 186 valence electrons. The number of aromatic nitrogens is 4. The number of hydrogen-bond acceptors (Lipinski definition) is 6. The third kappa shape index (κ3) is 7.21. The van der Waals surface area contributed by atoms with Crippen molar-refractivity contribution < 1.29 is 10.0 Å². The van der Waals surface area contributed by atoms with E-state index in [1.165, 1.54) is 0 Å². The van der Waals surface area contributed by atoms with Gasteiger partial charge in [0.2, 0.25) is 10.6 Å². The van der Waals surface area contributed by atoms with Crippen LogP contribution in [0.25, 0.3) is 33.1 Å². The monoisotopic (exact) mass is 559 g/mol. The molecule has 6 rings (SSSR count). The first kappa shape index (κ1) is 27.4. The Bertz CT molecular complexity index is 1640. The van der Waals surface area contributed by atoms with Gasteiger partial charge in [0.25, 0.3) is 0 Å². The lowest BCUT2D eigenvalue weighted by Gasteiger charge is -2.05. The van der Waals surface area contributed by atoms with Crippen molar-refractivity contribution in [2.24, 2.45) is 0 Å². The van der Waals surface area contributed by atoms with Crippen molar-refractivity contribution in [2.75, 3.05) is 0 Å². The first-order valence-corrected chi connectivity index (χ1v) is 12.4. The molecule has 0 radical (unpaired) electrons. The summed E-state index contributed by atoms with van der Waals surface area (Å²) in [5, 5.41) is 19.8. The van der Waals surface area contributed by atoms with Gasteiger partial charge in [0, 0.05) is 34.6 Å². The highest BCUT2D eigenvalue weighted by molar-refractivity contribution is 6.51. The molecule has 0 fully saturated rings. The summed E-state index contributed by atoms with van der Waals surface area (Å²) in [7, 11) is -1.36. The highest BCUT2D eigenvalue weighted by Gasteiger charge is 2.17. The summed E-state index contributed by atoms with van der Waals surface area (Å²) in [5.41, 5.74) is 4.05. The van der Waals surface area contributed by atoms with Gasteiger partial charge in [0.05, 0.1) is 22.2 Å². The van der Waals surface area contributed by atoms with Crippen molar-refractivity contribution in [3.05, 3.63) is 130 Å². The van der Waals surface area contributed by atoms with E-state index >= 15 is 0 Å². The molecule has 0 unspecified atom stereocenters. The van der Waals surface area contributed by atoms with Gasteiger partial charge in [0.1, 0.15) is 17.3 Å². The molecule has 3 aromatic carbocycles. The standard InChI is InChI=1S/C14H9ClN2.C8H4Cl2N2.C6H6BO2/c15-14-16-12-9-5-4-8-11(12)13(17-14)10-6-2-1-3-7-10;9-7-5-3-1-2-4-6(5)11-8(10)12-7;8-7(9)6-4-2-1-3-5-6/h1-9H;1-4H;2-5,8-9H/q;;+1. The lowest BCUT2D eigenvalue weighted by Crippen LogP contribution is -2.13. The Morgan fingerprint density at radius 2 is 1.24 bits per heavy atom. The van der Waals surface area contributed by atoms with Gasteiger partial charge in [-0.1, -0.05) is 72.3 Å². The molecule has 1 aliphatic rings. The van der Waals surface area contributed by atoms with Crippen LogP contribution in [-0.4, -0.2) is 37.1 Å². The molecule has 0 saturated heterocycles. The Balaban J connectivity index is 0.000000141. The molecule has 1 aliphatic carbocycles. The maximum atomic E-state index is 8.57. The van der Waals surface area contributed by atoms with Crippen LogP contribution < -0.4 is 0 Å². The van der Waals surface area contributed by atoms with E-state index in [1.54, 1.807) is 24.3 Å². The zero-order valence-corrected chi connectivity index (χ0v) is 22.0. The highest BCUT2D eigenvalue weighted by Crippen LogP contribution is 2.26. The van der Waals surface area contributed by atoms with E-state index in [-0.39, 0.29) is 10.6 Å². The zero-order chi connectivity index (χ0) is 26.9. The first-order chi connectivity index (χ1) is 18.4. The average Bonchev–Trinajstić information content (AvgIpc) is 2.94. The molecule has 0 bridgehead atoms. The quantitative estimate of drug-likeness (QED) is 0.108. The number of para-hydroxylation sites is 2. The van der Waals surface area contributed by atoms with Gasteiger partial charge < -0.3 is 10.0 Å². The minimum Gasteiger partial charge on any atom is -0.422 e. The summed E-state index contributed by atoms with van der Waals surface area (Å²) < 4.78 is 0. The van der Waals surface area contributed by atoms with Crippen LogP contribution in [-0.2, 0) is 0 Å². The van der Waals surface area contributed by atoms with E-state index < -0.39 is 7.12 Å². The summed E-state index contributed by atoms with van der Waals surface area (Å²) in [6.07, 6.45) is 9.24. The molecular formula is C28H19BCl3N4O2+. The number of nitrogens with zero attached hydrogens (tertiary/aromatic N) is 4. The fraction of sp³-hybridized carbons (Fsp3) is 0. The lowest BCUT2D eigenvalue weighted by molar-refractivity contribution is 0.420. The lowest BCUT2D eigenvalue weighted by atomic mass is 9.78. The van der Waals surface area contributed by atoms with Gasteiger partial charge in [-0.15, -0.1) is 0 Å². The number of benzene rings is 3. The third-order valence-corrected chi connectivity index (χ3v) is 5.82. The van der Waals surface area contributed by atoms with Crippen LogP contribution in [0.1, 0.15) is 0 Å². The van der Waals surface area contributed by atoms with Gasteiger partial charge in [-0.2, -0.15) is 0 Å². The Kier molecular flexibility index (Phi) is 9.52. The molecule has 0 aliphatic heterocycles. The smallest absolute Gasteiger partial charge is 0.422 e. The molecule has 0 amide bonds. The van der Waals surface area contributed by atoms with Crippen molar-refractivity contribution in [1.29, 1.82) is 0 Å². The van der Waals surface area contributed by atoms with E-state index in [0.29, 0.717) is 10.6 Å². The molecule has 2 aromatic heterocycles.